The Morgan fingerprint density at radius 3 is 2.59 bits per heavy atom. The van der Waals surface area contributed by atoms with E-state index in [0.29, 0.717) is 17.1 Å². The maximum absolute atomic E-state index is 13.3. The summed E-state index contributed by atoms with van der Waals surface area (Å²) in [4.78, 5) is 25.0. The molecule has 1 aromatic heterocycles. The zero-order valence-corrected chi connectivity index (χ0v) is 12.2. The van der Waals surface area contributed by atoms with E-state index in [2.05, 4.69) is 21.7 Å². The zero-order valence-electron chi connectivity index (χ0n) is 12.2. The predicted octanol–water partition coefficient (Wildman–Crippen LogP) is 2.23. The molecule has 0 spiro atoms. The molecule has 0 saturated carbocycles. The van der Waals surface area contributed by atoms with Gasteiger partial charge in [-0.05, 0) is 13.6 Å². The largest absolute Gasteiger partial charge is 0.368 e. The van der Waals surface area contributed by atoms with E-state index in [0.717, 1.165) is 0 Å². The second-order valence-electron chi connectivity index (χ2n) is 5.09. The third kappa shape index (κ3) is 3.44. The van der Waals surface area contributed by atoms with Crippen molar-refractivity contribution >= 4 is 35.4 Å². The number of primary amides is 1. The predicted molar refractivity (Wildman–Crippen MR) is 81.8 cm³/mol. The fourth-order valence-electron chi connectivity index (χ4n) is 2.19. The SMILES string of the molecule is C=Nc1cncc(N2CCC(F)(F)CC2)c1N=C(C)C(N)=O. The number of carbonyl (C=O) groups is 1. The molecule has 22 heavy (non-hydrogen) atoms. The van der Waals surface area contributed by atoms with Crippen LogP contribution < -0.4 is 10.6 Å². The van der Waals surface area contributed by atoms with Gasteiger partial charge in [-0.1, -0.05) is 0 Å². The van der Waals surface area contributed by atoms with Crippen molar-refractivity contribution in [3.63, 3.8) is 0 Å². The second kappa shape index (κ2) is 6.17. The number of nitrogens with two attached hydrogens (primary N) is 1. The van der Waals surface area contributed by atoms with Crippen molar-refractivity contribution in [2.24, 2.45) is 15.7 Å². The Balaban J connectivity index is 2.42. The minimum atomic E-state index is -2.65. The highest BCUT2D eigenvalue weighted by molar-refractivity contribution is 6.38. The third-order valence-corrected chi connectivity index (χ3v) is 3.52. The van der Waals surface area contributed by atoms with Crippen LogP contribution in [0.25, 0.3) is 0 Å². The summed E-state index contributed by atoms with van der Waals surface area (Å²) in [5.74, 6) is -3.31. The molecule has 6 nitrogen and oxygen atoms in total. The number of aromatic nitrogens is 1. The number of amides is 1. The van der Waals surface area contributed by atoms with Crippen molar-refractivity contribution < 1.29 is 13.6 Å². The first-order valence-corrected chi connectivity index (χ1v) is 6.76. The van der Waals surface area contributed by atoms with E-state index in [1.54, 1.807) is 4.90 Å². The lowest BCUT2D eigenvalue weighted by Gasteiger charge is -2.33. The molecule has 0 aliphatic carbocycles. The number of pyridine rings is 1. The van der Waals surface area contributed by atoms with Crippen molar-refractivity contribution in [1.29, 1.82) is 0 Å². The van der Waals surface area contributed by atoms with E-state index in [1.165, 1.54) is 19.3 Å². The standard InChI is InChI=1S/C14H17F2N5O/c1-9(13(17)22)20-12-10(18-2)7-19-8-11(12)21-5-3-14(15,16)4-6-21/h7-8H,2-6H2,1H3,(H2,17,22). The topological polar surface area (TPSA) is 83.9 Å². The lowest BCUT2D eigenvalue weighted by atomic mass is 10.1. The molecule has 2 heterocycles. The molecule has 1 amide bonds. The van der Waals surface area contributed by atoms with E-state index >= 15 is 0 Å². The first-order chi connectivity index (χ1) is 10.3. The molecule has 0 bridgehead atoms. The molecular weight excluding hydrogens is 292 g/mol. The van der Waals surface area contributed by atoms with Crippen LogP contribution in [-0.4, -0.2) is 42.3 Å². The normalized spacial score (nSPS) is 18.1. The number of piperidine rings is 1. The van der Waals surface area contributed by atoms with Crippen LogP contribution in [0.3, 0.4) is 0 Å². The average molecular weight is 309 g/mol. The van der Waals surface area contributed by atoms with E-state index in [-0.39, 0.29) is 31.6 Å². The second-order valence-corrected chi connectivity index (χ2v) is 5.09. The van der Waals surface area contributed by atoms with Gasteiger partial charge in [0.1, 0.15) is 17.1 Å². The summed E-state index contributed by atoms with van der Waals surface area (Å²) in [5, 5.41) is 0. The van der Waals surface area contributed by atoms with Gasteiger partial charge in [-0.15, -0.1) is 0 Å². The van der Waals surface area contributed by atoms with Crippen molar-refractivity contribution in [3.05, 3.63) is 12.4 Å². The van der Waals surface area contributed by atoms with E-state index in [9.17, 15) is 13.6 Å². The number of alkyl halides is 2. The van der Waals surface area contributed by atoms with Gasteiger partial charge >= 0.3 is 0 Å². The maximum atomic E-state index is 13.3. The summed E-state index contributed by atoms with van der Waals surface area (Å²) in [6, 6.07) is 0. The third-order valence-electron chi connectivity index (χ3n) is 3.52. The molecule has 1 aliphatic heterocycles. The van der Waals surface area contributed by atoms with Crippen LogP contribution in [0.5, 0.6) is 0 Å². The van der Waals surface area contributed by atoms with Crippen LogP contribution >= 0.6 is 0 Å². The molecule has 1 saturated heterocycles. The van der Waals surface area contributed by atoms with Gasteiger partial charge in [0, 0.05) is 25.9 Å². The highest BCUT2D eigenvalue weighted by Crippen LogP contribution is 2.39. The number of halogens is 2. The Hall–Kier alpha value is -2.38. The van der Waals surface area contributed by atoms with E-state index in [1.807, 2.05) is 0 Å². The van der Waals surface area contributed by atoms with Crippen molar-refractivity contribution in [3.8, 4) is 0 Å². The van der Waals surface area contributed by atoms with Gasteiger partial charge in [0.15, 0.2) is 0 Å². The van der Waals surface area contributed by atoms with Crippen molar-refractivity contribution in [1.82, 2.24) is 4.98 Å². The van der Waals surface area contributed by atoms with Crippen LogP contribution in [0.2, 0.25) is 0 Å². The van der Waals surface area contributed by atoms with E-state index < -0.39 is 11.8 Å². The number of hydrogen-bond donors (Lipinski definition) is 1. The van der Waals surface area contributed by atoms with Gasteiger partial charge in [-0.2, -0.15) is 0 Å². The van der Waals surface area contributed by atoms with Gasteiger partial charge < -0.3 is 10.6 Å². The van der Waals surface area contributed by atoms with Gasteiger partial charge in [0.2, 0.25) is 0 Å². The summed E-state index contributed by atoms with van der Waals surface area (Å²) in [6.07, 6.45) is 2.49. The zero-order chi connectivity index (χ0) is 16.3. The Kier molecular flexibility index (Phi) is 4.48. The van der Waals surface area contributed by atoms with Crippen LogP contribution in [0.15, 0.2) is 22.4 Å². The number of hydrogen-bond acceptors (Lipinski definition) is 5. The quantitative estimate of drug-likeness (QED) is 0.866. The molecule has 2 N–H and O–H groups in total. The van der Waals surface area contributed by atoms with Gasteiger partial charge in [-0.25, -0.2) is 13.8 Å². The highest BCUT2D eigenvalue weighted by atomic mass is 19.3. The molecule has 2 rings (SSSR count). The number of rotatable bonds is 4. The Labute approximate surface area is 126 Å². The molecule has 0 unspecified atom stereocenters. The number of anilines is 1. The summed E-state index contributed by atoms with van der Waals surface area (Å²) in [7, 11) is 0. The fourth-order valence-corrected chi connectivity index (χ4v) is 2.19. The van der Waals surface area contributed by atoms with Crippen molar-refractivity contribution in [2.75, 3.05) is 18.0 Å². The van der Waals surface area contributed by atoms with Crippen LogP contribution in [0, 0.1) is 0 Å². The summed E-state index contributed by atoms with van der Waals surface area (Å²) >= 11 is 0. The lowest BCUT2D eigenvalue weighted by Crippen LogP contribution is -2.39. The van der Waals surface area contributed by atoms with Crippen molar-refractivity contribution in [2.45, 2.75) is 25.7 Å². The number of carbonyl (C=O) groups excluding carboxylic acids is 1. The molecule has 0 atom stereocenters. The van der Waals surface area contributed by atoms with Gasteiger partial charge in [0.05, 0.1) is 18.1 Å². The first kappa shape index (κ1) is 16.0. The Bertz CT molecular complexity index is 620. The van der Waals surface area contributed by atoms with Crippen LogP contribution in [-0.2, 0) is 4.79 Å². The maximum Gasteiger partial charge on any atom is 0.262 e. The molecule has 0 aromatic carbocycles. The van der Waals surface area contributed by atoms with E-state index in [4.69, 9.17) is 5.73 Å². The van der Waals surface area contributed by atoms with Gasteiger partial charge in [0.25, 0.3) is 11.8 Å². The average Bonchev–Trinajstić information content (AvgIpc) is 2.47. The molecule has 0 radical (unpaired) electrons. The minimum absolute atomic E-state index is 0.0969. The lowest BCUT2D eigenvalue weighted by molar-refractivity contribution is -0.112. The summed E-state index contributed by atoms with van der Waals surface area (Å²) in [5.41, 5.74) is 6.57. The molecular formula is C14H17F2N5O. The Morgan fingerprint density at radius 2 is 2.05 bits per heavy atom. The molecule has 1 aliphatic rings. The highest BCUT2D eigenvalue weighted by Gasteiger charge is 2.34. The first-order valence-electron chi connectivity index (χ1n) is 6.76. The summed E-state index contributed by atoms with van der Waals surface area (Å²) in [6.45, 7) is 5.26. The minimum Gasteiger partial charge on any atom is -0.368 e. The Morgan fingerprint density at radius 1 is 1.41 bits per heavy atom. The molecule has 1 fully saturated rings. The molecule has 8 heteroatoms. The number of aliphatic imine (C=N–C) groups is 2. The monoisotopic (exact) mass is 309 g/mol. The molecule has 118 valence electrons. The summed E-state index contributed by atoms with van der Waals surface area (Å²) < 4.78 is 26.6. The fraction of sp³-hybridized carbons (Fsp3) is 0.429. The molecule has 1 aromatic rings. The van der Waals surface area contributed by atoms with Gasteiger partial charge in [-0.3, -0.25) is 14.8 Å². The van der Waals surface area contributed by atoms with Crippen LogP contribution in [0.4, 0.5) is 25.8 Å². The number of nitrogens with zero attached hydrogens (tertiary/aromatic N) is 4. The smallest absolute Gasteiger partial charge is 0.262 e. The van der Waals surface area contributed by atoms with Crippen LogP contribution in [0.1, 0.15) is 19.8 Å².